The zero-order valence-electron chi connectivity index (χ0n) is 18.9. The van der Waals surface area contributed by atoms with Crippen molar-refractivity contribution in [2.45, 2.75) is 65.1 Å². The molecule has 0 fully saturated rings. The van der Waals surface area contributed by atoms with Crippen molar-refractivity contribution < 1.29 is 21.5 Å². The van der Waals surface area contributed by atoms with Crippen molar-refractivity contribution in [3.05, 3.63) is 71.8 Å². The smallest absolute Gasteiger partial charge is 0.531 e. The number of hydrogen-bond donors (Lipinski definition) is 0. The van der Waals surface area contributed by atoms with Gasteiger partial charge in [-0.2, -0.15) is 0 Å². The van der Waals surface area contributed by atoms with Gasteiger partial charge in [-0.15, -0.1) is 0 Å². The second-order valence-corrected chi connectivity index (χ2v) is 16.3. The van der Waals surface area contributed by atoms with Gasteiger partial charge in [-0.3, -0.25) is 4.46 Å². The maximum absolute atomic E-state index is 12.7. The van der Waals surface area contributed by atoms with Crippen LogP contribution in [0.4, 0.5) is 0 Å². The van der Waals surface area contributed by atoms with Crippen LogP contribution in [0.15, 0.2) is 60.7 Å². The first-order valence-corrected chi connectivity index (χ1v) is 17.4. The van der Waals surface area contributed by atoms with Crippen molar-refractivity contribution in [2.75, 3.05) is 0 Å². The highest BCUT2D eigenvalue weighted by atomic mass is 28.5. The lowest BCUT2D eigenvalue weighted by atomic mass is 10.1. The Bertz CT molecular complexity index is 718. The van der Waals surface area contributed by atoms with Crippen LogP contribution in [-0.2, 0) is 21.5 Å². The lowest BCUT2D eigenvalue weighted by Gasteiger charge is -2.31. The Morgan fingerprint density at radius 2 is 1.03 bits per heavy atom. The first kappa shape index (κ1) is 24.7. The van der Waals surface area contributed by atoms with E-state index in [1.165, 1.54) is 0 Å². The fraction of sp³-hybridized carbons (Fsp3) is 0.455. The minimum Gasteiger partial charge on any atom is -0.531 e. The van der Waals surface area contributed by atoms with Crippen LogP contribution in [0.25, 0.3) is 0 Å². The van der Waals surface area contributed by atoms with Crippen molar-refractivity contribution >= 4 is 26.3 Å². The van der Waals surface area contributed by atoms with Gasteiger partial charge in [-0.05, 0) is 50.2 Å². The van der Waals surface area contributed by atoms with Gasteiger partial charge in [0.1, 0.15) is 0 Å². The number of rotatable bonds is 12. The highest BCUT2D eigenvalue weighted by Crippen LogP contribution is 2.28. The van der Waals surface area contributed by atoms with E-state index in [9.17, 15) is 4.46 Å². The summed E-state index contributed by atoms with van der Waals surface area (Å²) in [6, 6.07) is 20.1. The van der Waals surface area contributed by atoms with Gasteiger partial charge in [-0.1, -0.05) is 74.5 Å². The highest BCUT2D eigenvalue weighted by molar-refractivity contribution is 6.74. The standard InChI is InChI=1S/C22H34O5Si3/c1-7-21(19-15-11-9-12-16-19)24-29(3,4)26-28(23)27-30(5,6)25-22(8-2)20-17-13-10-14-18-20/h9-18,21-22H,7-8H2,1-6H3. The van der Waals surface area contributed by atoms with Crippen LogP contribution < -0.4 is 0 Å². The van der Waals surface area contributed by atoms with E-state index in [4.69, 9.17) is 17.1 Å². The molecule has 2 aromatic rings. The van der Waals surface area contributed by atoms with Crippen LogP contribution in [0.5, 0.6) is 0 Å². The van der Waals surface area contributed by atoms with Gasteiger partial charge in [0.15, 0.2) is 0 Å². The SMILES string of the molecule is CCC(O[Si](C)(C)O[Si](=O)O[Si](C)(C)OC(CC)c1ccccc1)c1ccccc1. The summed E-state index contributed by atoms with van der Waals surface area (Å²) in [6.45, 7) is 11.7. The van der Waals surface area contributed by atoms with Gasteiger partial charge in [0.25, 0.3) is 0 Å². The lowest BCUT2D eigenvalue weighted by molar-refractivity contribution is 0.129. The van der Waals surface area contributed by atoms with E-state index in [1.54, 1.807) is 0 Å². The van der Waals surface area contributed by atoms with Crippen molar-refractivity contribution in [3.8, 4) is 0 Å². The monoisotopic (exact) mass is 462 g/mol. The van der Waals surface area contributed by atoms with E-state index < -0.39 is 26.3 Å². The Morgan fingerprint density at radius 1 is 0.700 bits per heavy atom. The molecule has 0 N–H and O–H groups in total. The van der Waals surface area contributed by atoms with Crippen LogP contribution in [0.1, 0.15) is 50.0 Å². The normalized spacial score (nSPS) is 14.1. The van der Waals surface area contributed by atoms with Crippen LogP contribution in [0.2, 0.25) is 26.2 Å². The van der Waals surface area contributed by atoms with Crippen LogP contribution in [-0.4, -0.2) is 26.3 Å². The quantitative estimate of drug-likeness (QED) is 0.353. The second-order valence-electron chi connectivity index (χ2n) is 8.10. The van der Waals surface area contributed by atoms with E-state index in [1.807, 2.05) is 86.9 Å². The fourth-order valence-corrected chi connectivity index (χ4v) is 9.38. The van der Waals surface area contributed by atoms with Crippen molar-refractivity contribution in [1.82, 2.24) is 0 Å². The van der Waals surface area contributed by atoms with Gasteiger partial charge in [0.05, 0.1) is 12.2 Å². The predicted molar refractivity (Wildman–Crippen MR) is 125 cm³/mol. The number of benzene rings is 2. The maximum Gasteiger partial charge on any atom is 0.739 e. The van der Waals surface area contributed by atoms with Crippen molar-refractivity contribution in [3.63, 3.8) is 0 Å². The molecule has 2 atom stereocenters. The minimum absolute atomic E-state index is 0.0910. The van der Waals surface area contributed by atoms with Crippen LogP contribution in [0, 0.1) is 0 Å². The first-order valence-electron chi connectivity index (χ1n) is 10.5. The summed E-state index contributed by atoms with van der Waals surface area (Å²) in [5.74, 6) is 0. The zero-order valence-corrected chi connectivity index (χ0v) is 21.9. The fourth-order valence-electron chi connectivity index (χ4n) is 3.27. The third-order valence-electron chi connectivity index (χ3n) is 4.59. The predicted octanol–water partition coefficient (Wildman–Crippen LogP) is 6.17. The van der Waals surface area contributed by atoms with Gasteiger partial charge in [-0.25, -0.2) is 0 Å². The Balaban J connectivity index is 1.96. The van der Waals surface area contributed by atoms with Gasteiger partial charge >= 0.3 is 26.3 Å². The average Bonchev–Trinajstić information content (AvgIpc) is 2.70. The van der Waals surface area contributed by atoms with Gasteiger partial charge in [0.2, 0.25) is 0 Å². The minimum atomic E-state index is -2.75. The third kappa shape index (κ3) is 7.92. The highest BCUT2D eigenvalue weighted by Gasteiger charge is 2.39. The Hall–Kier alpha value is -1.59. The summed E-state index contributed by atoms with van der Waals surface area (Å²) < 4.78 is 37.0. The Kier molecular flexibility index (Phi) is 9.17. The molecular formula is C22H34O5Si3. The first-order chi connectivity index (χ1) is 14.2. The molecular weight excluding hydrogens is 428 g/mol. The summed E-state index contributed by atoms with van der Waals surface area (Å²) in [5, 5.41) is 0. The summed E-state index contributed by atoms with van der Waals surface area (Å²) in [6.07, 6.45) is 1.44. The second kappa shape index (κ2) is 11.1. The van der Waals surface area contributed by atoms with E-state index in [-0.39, 0.29) is 12.2 Å². The third-order valence-corrected chi connectivity index (χ3v) is 11.6. The molecule has 0 bridgehead atoms. The summed E-state index contributed by atoms with van der Waals surface area (Å²) in [5.41, 5.74) is 2.19. The molecule has 0 aliphatic rings. The molecule has 0 spiro atoms. The topological polar surface area (TPSA) is 54.0 Å². The molecule has 0 aliphatic heterocycles. The summed E-state index contributed by atoms with van der Waals surface area (Å²) in [7, 11) is -8.09. The molecule has 2 unspecified atom stereocenters. The zero-order chi connectivity index (χ0) is 22.2. The molecule has 164 valence electrons. The number of hydrogen-bond acceptors (Lipinski definition) is 5. The van der Waals surface area contributed by atoms with E-state index >= 15 is 0 Å². The van der Waals surface area contributed by atoms with Crippen molar-refractivity contribution in [2.24, 2.45) is 0 Å². The van der Waals surface area contributed by atoms with E-state index in [2.05, 4.69) is 13.8 Å². The molecule has 2 aromatic carbocycles. The molecule has 0 saturated heterocycles. The molecule has 0 amide bonds. The molecule has 0 aromatic heterocycles. The molecule has 5 nitrogen and oxygen atoms in total. The molecule has 0 saturated carbocycles. The molecule has 0 radical (unpaired) electrons. The molecule has 0 heterocycles. The van der Waals surface area contributed by atoms with Crippen LogP contribution in [0.3, 0.4) is 0 Å². The van der Waals surface area contributed by atoms with Crippen molar-refractivity contribution in [1.29, 1.82) is 0 Å². The summed E-state index contributed by atoms with van der Waals surface area (Å²) >= 11 is 0. The van der Waals surface area contributed by atoms with E-state index in [0.29, 0.717) is 0 Å². The lowest BCUT2D eigenvalue weighted by Crippen LogP contribution is -2.45. The van der Waals surface area contributed by atoms with Gasteiger partial charge in [0, 0.05) is 0 Å². The Labute approximate surface area is 184 Å². The Morgan fingerprint density at radius 3 is 1.33 bits per heavy atom. The van der Waals surface area contributed by atoms with Crippen LogP contribution >= 0.6 is 0 Å². The van der Waals surface area contributed by atoms with E-state index in [0.717, 1.165) is 24.0 Å². The largest absolute Gasteiger partial charge is 0.739 e. The average molecular weight is 463 g/mol. The molecule has 30 heavy (non-hydrogen) atoms. The molecule has 2 rings (SSSR count). The molecule has 0 aliphatic carbocycles. The van der Waals surface area contributed by atoms with Gasteiger partial charge < -0.3 is 17.1 Å². The summed E-state index contributed by atoms with van der Waals surface area (Å²) in [4.78, 5) is 0. The maximum atomic E-state index is 12.7. The molecule has 8 heteroatoms.